The topological polar surface area (TPSA) is 129 Å². The predicted molar refractivity (Wildman–Crippen MR) is 153 cm³/mol. The van der Waals surface area contributed by atoms with Gasteiger partial charge in [-0.2, -0.15) is 0 Å². The van der Waals surface area contributed by atoms with Gasteiger partial charge in [-0.1, -0.05) is 20.8 Å². The molecule has 4 aliphatic rings. The van der Waals surface area contributed by atoms with Gasteiger partial charge in [-0.3, -0.25) is 9.59 Å². The van der Waals surface area contributed by atoms with Gasteiger partial charge >= 0.3 is 5.97 Å². The van der Waals surface area contributed by atoms with E-state index in [-0.39, 0.29) is 65.0 Å². The number of rotatable bonds is 8. The highest BCUT2D eigenvalue weighted by Gasteiger charge is 2.65. The van der Waals surface area contributed by atoms with Crippen molar-refractivity contribution in [2.45, 2.75) is 110 Å². The number of thiazole rings is 1. The zero-order valence-electron chi connectivity index (χ0n) is 24.5. The molecule has 4 N–H and O–H groups in total. The minimum atomic E-state index is -0.426. The average molecular weight is 577 g/mol. The zero-order chi connectivity index (χ0) is 28.8. The van der Waals surface area contributed by atoms with E-state index >= 15 is 0 Å². The maximum Gasteiger partial charge on any atom is 0.311 e. The summed E-state index contributed by atoms with van der Waals surface area (Å²) >= 11 is 1.31. The molecule has 4 saturated carbocycles. The Bertz CT molecular complexity index is 1080. The van der Waals surface area contributed by atoms with Gasteiger partial charge in [0.25, 0.3) is 0 Å². The van der Waals surface area contributed by atoms with Crippen molar-refractivity contribution in [3.05, 3.63) is 11.1 Å². The Labute approximate surface area is 242 Å². The van der Waals surface area contributed by atoms with Gasteiger partial charge in [-0.05, 0) is 105 Å². The summed E-state index contributed by atoms with van der Waals surface area (Å²) in [5, 5.41) is 38.7. The van der Waals surface area contributed by atoms with Gasteiger partial charge in [-0.15, -0.1) is 11.3 Å². The van der Waals surface area contributed by atoms with E-state index in [1.54, 1.807) is 12.3 Å². The Morgan fingerprint density at radius 1 is 1.15 bits per heavy atom. The lowest BCUT2D eigenvalue weighted by Crippen LogP contribution is -2.62. The average Bonchev–Trinajstić information content (AvgIpc) is 3.48. The van der Waals surface area contributed by atoms with E-state index in [1.165, 1.54) is 11.3 Å². The van der Waals surface area contributed by atoms with Crippen LogP contribution in [0, 0.1) is 46.3 Å². The number of ether oxygens (including phenoxy) is 1. The minimum Gasteiger partial charge on any atom is -0.466 e. The van der Waals surface area contributed by atoms with Gasteiger partial charge in [0, 0.05) is 11.8 Å². The van der Waals surface area contributed by atoms with Crippen LogP contribution in [0.4, 0.5) is 5.13 Å². The number of anilines is 1. The zero-order valence-corrected chi connectivity index (χ0v) is 25.3. The van der Waals surface area contributed by atoms with Gasteiger partial charge in [0.15, 0.2) is 5.13 Å². The molecular weight excluding hydrogens is 528 g/mol. The predicted octanol–water partition coefficient (Wildman–Crippen LogP) is 4.56. The molecule has 11 unspecified atom stereocenters. The fourth-order valence-corrected chi connectivity index (χ4v) is 10.4. The first-order chi connectivity index (χ1) is 19.0. The van der Waals surface area contributed by atoms with Crippen LogP contribution in [0.2, 0.25) is 0 Å². The van der Waals surface area contributed by atoms with Crippen molar-refractivity contribution in [1.82, 2.24) is 4.98 Å². The first kappa shape index (κ1) is 29.9. The summed E-state index contributed by atoms with van der Waals surface area (Å²) in [6.45, 7) is 8.91. The second kappa shape index (κ2) is 11.6. The number of esters is 1. The summed E-state index contributed by atoms with van der Waals surface area (Å²) in [5.74, 6) is 1.21. The maximum absolute atomic E-state index is 12.8. The highest BCUT2D eigenvalue weighted by Crippen LogP contribution is 2.68. The van der Waals surface area contributed by atoms with Crippen molar-refractivity contribution < 1.29 is 29.6 Å². The molecule has 8 nitrogen and oxygen atoms in total. The van der Waals surface area contributed by atoms with Crippen LogP contribution >= 0.6 is 11.3 Å². The molecule has 5 rings (SSSR count). The molecule has 4 aliphatic carbocycles. The molecule has 4 fully saturated rings. The van der Waals surface area contributed by atoms with Gasteiger partial charge in [0.1, 0.15) is 0 Å². The van der Waals surface area contributed by atoms with E-state index in [9.17, 15) is 24.9 Å². The number of carbonyl (C=O) groups excluding carboxylic acids is 2. The van der Waals surface area contributed by atoms with Gasteiger partial charge < -0.3 is 25.4 Å². The fourth-order valence-electron chi connectivity index (χ4n) is 9.68. The molecule has 0 aromatic carbocycles. The first-order valence-corrected chi connectivity index (χ1v) is 16.3. The Morgan fingerprint density at radius 2 is 1.93 bits per heavy atom. The van der Waals surface area contributed by atoms with Crippen molar-refractivity contribution in [2.24, 2.45) is 46.3 Å². The van der Waals surface area contributed by atoms with Crippen molar-refractivity contribution in [2.75, 3.05) is 11.9 Å². The van der Waals surface area contributed by atoms with E-state index in [1.807, 2.05) is 0 Å². The van der Waals surface area contributed by atoms with Crippen LogP contribution in [0.5, 0.6) is 0 Å². The van der Waals surface area contributed by atoms with Gasteiger partial charge in [0.05, 0.1) is 37.0 Å². The Hall–Kier alpha value is -1.55. The molecule has 0 aliphatic heterocycles. The standard InChI is InChI=1S/C31H48N2O6S/c1-5-39-27(38)14-19-16-40-29(32-19)33-26(37)9-6-17(2)21-7-8-22-28-23(15-25(36)31(21,22)4)30(3)11-10-20(34)12-18(30)13-24(28)35/h16-18,20-25,28,34-36H,5-15H2,1-4H3,(H,32,33,37). The molecule has 11 atom stereocenters. The van der Waals surface area contributed by atoms with Crippen molar-refractivity contribution in [3.8, 4) is 0 Å². The van der Waals surface area contributed by atoms with Crippen molar-refractivity contribution >= 4 is 28.3 Å². The third-order valence-electron chi connectivity index (χ3n) is 11.8. The molecule has 0 spiro atoms. The number of amides is 1. The molecule has 0 saturated heterocycles. The molecule has 40 heavy (non-hydrogen) atoms. The highest BCUT2D eigenvalue weighted by atomic mass is 32.1. The van der Waals surface area contributed by atoms with E-state index in [2.05, 4.69) is 31.1 Å². The van der Waals surface area contributed by atoms with Gasteiger partial charge in [0.2, 0.25) is 5.91 Å². The first-order valence-electron chi connectivity index (χ1n) is 15.4. The Balaban J connectivity index is 1.21. The lowest BCUT2D eigenvalue weighted by molar-refractivity contribution is -0.207. The Kier molecular flexibility index (Phi) is 8.69. The SMILES string of the molecule is CCOC(=O)Cc1csc(NC(=O)CCC(C)C2CCC3C4C(O)CC5CC(O)CCC5(C)C4CC(O)C23C)n1. The smallest absolute Gasteiger partial charge is 0.311 e. The lowest BCUT2D eigenvalue weighted by atomic mass is 9.43. The Morgan fingerprint density at radius 3 is 2.67 bits per heavy atom. The number of nitrogens with one attached hydrogen (secondary N) is 1. The van der Waals surface area contributed by atoms with E-state index in [0.717, 1.165) is 51.4 Å². The van der Waals surface area contributed by atoms with Crippen molar-refractivity contribution in [1.29, 1.82) is 0 Å². The summed E-state index contributed by atoms with van der Waals surface area (Å²) in [6.07, 6.45) is 6.19. The van der Waals surface area contributed by atoms with Crippen LogP contribution in [-0.2, 0) is 20.7 Å². The normalized spacial score (nSPS) is 41.4. The third kappa shape index (κ3) is 5.36. The largest absolute Gasteiger partial charge is 0.466 e. The maximum atomic E-state index is 12.8. The van der Waals surface area contributed by atoms with E-state index < -0.39 is 6.10 Å². The molecule has 1 heterocycles. The monoisotopic (exact) mass is 576 g/mol. The quantitative estimate of drug-likeness (QED) is 0.334. The van der Waals surface area contributed by atoms with Gasteiger partial charge in [-0.25, -0.2) is 4.98 Å². The second-order valence-electron chi connectivity index (χ2n) is 13.7. The molecule has 0 bridgehead atoms. The molecular formula is C31H48N2O6S. The van der Waals surface area contributed by atoms with E-state index in [0.29, 0.717) is 35.7 Å². The fraction of sp³-hybridized carbons (Fsp3) is 0.839. The number of carbonyl (C=O) groups is 2. The number of aliphatic hydroxyl groups excluding tert-OH is 3. The van der Waals surface area contributed by atoms with Crippen LogP contribution in [0.25, 0.3) is 0 Å². The molecule has 1 aromatic heterocycles. The van der Waals surface area contributed by atoms with Crippen LogP contribution in [-0.4, -0.2) is 57.1 Å². The summed E-state index contributed by atoms with van der Waals surface area (Å²) in [4.78, 5) is 28.8. The van der Waals surface area contributed by atoms with E-state index in [4.69, 9.17) is 4.74 Å². The summed E-state index contributed by atoms with van der Waals surface area (Å²) in [6, 6.07) is 0. The summed E-state index contributed by atoms with van der Waals surface area (Å²) in [5.41, 5.74) is 0.391. The second-order valence-corrected chi connectivity index (χ2v) is 14.6. The number of nitrogens with zero attached hydrogens (tertiary/aromatic N) is 1. The van der Waals surface area contributed by atoms with Crippen LogP contribution < -0.4 is 5.32 Å². The molecule has 0 radical (unpaired) electrons. The molecule has 1 aromatic rings. The molecule has 9 heteroatoms. The number of aromatic nitrogens is 1. The highest BCUT2D eigenvalue weighted by molar-refractivity contribution is 7.13. The summed E-state index contributed by atoms with van der Waals surface area (Å²) < 4.78 is 4.97. The number of hydrogen-bond donors (Lipinski definition) is 4. The summed E-state index contributed by atoms with van der Waals surface area (Å²) in [7, 11) is 0. The van der Waals surface area contributed by atoms with Crippen LogP contribution in [0.3, 0.4) is 0 Å². The van der Waals surface area contributed by atoms with Crippen LogP contribution in [0.15, 0.2) is 5.38 Å². The van der Waals surface area contributed by atoms with Crippen LogP contribution in [0.1, 0.15) is 91.2 Å². The molecule has 224 valence electrons. The number of hydrogen-bond acceptors (Lipinski definition) is 8. The third-order valence-corrected chi connectivity index (χ3v) is 12.6. The minimum absolute atomic E-state index is 0.0687. The molecule has 1 amide bonds. The number of fused-ring (bicyclic) bond motifs is 5. The lowest BCUT2D eigenvalue weighted by Gasteiger charge is -2.63. The van der Waals surface area contributed by atoms with Crippen molar-refractivity contribution in [3.63, 3.8) is 0 Å². The number of aliphatic hydroxyl groups is 3.